The molecule has 0 unspecified atom stereocenters. The number of aromatic nitrogens is 1. The molecule has 0 atom stereocenters. The maximum Gasteiger partial charge on any atom is 0.170 e. The van der Waals surface area contributed by atoms with Gasteiger partial charge in [0.2, 0.25) is 0 Å². The Kier molecular flexibility index (Phi) is 3.46. The fraction of sp³-hybridized carbons (Fsp3) is 0.500. The number of pyridine rings is 1. The van der Waals surface area contributed by atoms with Gasteiger partial charge in [0, 0.05) is 24.8 Å². The predicted molar refractivity (Wildman–Crippen MR) is 67.4 cm³/mol. The third-order valence-electron chi connectivity index (χ3n) is 3.26. The molecule has 92 valence electrons. The first-order chi connectivity index (χ1) is 8.20. The van der Waals surface area contributed by atoms with Crippen LogP contribution in [0.2, 0.25) is 0 Å². The quantitative estimate of drug-likeness (QED) is 0.351. The topological polar surface area (TPSA) is 74.7 Å². The number of anilines is 1. The number of piperidine rings is 1. The lowest BCUT2D eigenvalue weighted by Crippen LogP contribution is -2.33. The van der Waals surface area contributed by atoms with Gasteiger partial charge in [-0.25, -0.2) is 4.98 Å². The average molecular weight is 234 g/mol. The second-order valence-corrected chi connectivity index (χ2v) is 4.56. The van der Waals surface area contributed by atoms with E-state index in [1.54, 1.807) is 12.3 Å². The summed E-state index contributed by atoms with van der Waals surface area (Å²) in [6, 6.07) is 3.61. The summed E-state index contributed by atoms with van der Waals surface area (Å²) in [5.41, 5.74) is 6.27. The Bertz CT molecular complexity index is 411. The van der Waals surface area contributed by atoms with Crippen molar-refractivity contribution in [3.05, 3.63) is 23.9 Å². The van der Waals surface area contributed by atoms with E-state index in [1.165, 1.54) is 12.8 Å². The van der Waals surface area contributed by atoms with Crippen LogP contribution in [0.4, 0.5) is 5.82 Å². The van der Waals surface area contributed by atoms with E-state index in [2.05, 4.69) is 22.0 Å². The van der Waals surface area contributed by atoms with Crippen LogP contribution < -0.4 is 10.6 Å². The van der Waals surface area contributed by atoms with E-state index in [4.69, 9.17) is 10.9 Å². The number of nitrogens with two attached hydrogens (primary N) is 1. The first-order valence-corrected chi connectivity index (χ1v) is 5.89. The van der Waals surface area contributed by atoms with Crippen molar-refractivity contribution in [3.63, 3.8) is 0 Å². The van der Waals surface area contributed by atoms with E-state index >= 15 is 0 Å². The zero-order valence-electron chi connectivity index (χ0n) is 10.0. The maximum absolute atomic E-state index is 8.65. The smallest absolute Gasteiger partial charge is 0.170 e. The van der Waals surface area contributed by atoms with Gasteiger partial charge < -0.3 is 15.8 Å². The van der Waals surface area contributed by atoms with E-state index in [0.717, 1.165) is 24.8 Å². The molecule has 5 heteroatoms. The zero-order valence-corrected chi connectivity index (χ0v) is 10.0. The molecule has 0 radical (unpaired) electrons. The summed E-state index contributed by atoms with van der Waals surface area (Å²) in [6.07, 6.45) is 4.08. The first-order valence-electron chi connectivity index (χ1n) is 5.89. The molecular weight excluding hydrogens is 216 g/mol. The Balaban J connectivity index is 2.16. The molecule has 0 amide bonds. The SMILES string of the molecule is CC1CCN(c2cc(/C(N)=N/O)ccn2)CC1. The van der Waals surface area contributed by atoms with Gasteiger partial charge in [-0.2, -0.15) is 0 Å². The van der Waals surface area contributed by atoms with Crippen molar-refractivity contribution < 1.29 is 5.21 Å². The van der Waals surface area contributed by atoms with Crippen LogP contribution in [0, 0.1) is 5.92 Å². The molecule has 1 aromatic rings. The monoisotopic (exact) mass is 234 g/mol. The summed E-state index contributed by atoms with van der Waals surface area (Å²) in [5, 5.41) is 11.7. The molecule has 1 fully saturated rings. The van der Waals surface area contributed by atoms with Gasteiger partial charge in [-0.3, -0.25) is 0 Å². The normalized spacial score (nSPS) is 18.4. The fourth-order valence-corrected chi connectivity index (χ4v) is 2.05. The molecule has 1 aromatic heterocycles. The van der Waals surface area contributed by atoms with Gasteiger partial charge in [-0.05, 0) is 30.9 Å². The second kappa shape index (κ2) is 5.03. The molecule has 5 nitrogen and oxygen atoms in total. The molecule has 1 aliphatic rings. The molecule has 1 aliphatic heterocycles. The lowest BCUT2D eigenvalue weighted by molar-refractivity contribution is 0.318. The average Bonchev–Trinajstić information content (AvgIpc) is 2.39. The van der Waals surface area contributed by atoms with E-state index in [0.29, 0.717) is 5.56 Å². The Morgan fingerprint density at radius 3 is 2.88 bits per heavy atom. The number of nitrogens with zero attached hydrogens (tertiary/aromatic N) is 3. The number of rotatable bonds is 2. The number of hydrogen-bond acceptors (Lipinski definition) is 4. The van der Waals surface area contributed by atoms with Crippen molar-refractivity contribution in [2.24, 2.45) is 16.8 Å². The molecule has 0 aliphatic carbocycles. The second-order valence-electron chi connectivity index (χ2n) is 4.56. The van der Waals surface area contributed by atoms with Crippen LogP contribution in [0.3, 0.4) is 0 Å². The maximum atomic E-state index is 8.65. The van der Waals surface area contributed by atoms with Crippen LogP contribution in [0.1, 0.15) is 25.3 Å². The molecule has 0 aromatic carbocycles. The van der Waals surface area contributed by atoms with Gasteiger partial charge in [0.25, 0.3) is 0 Å². The lowest BCUT2D eigenvalue weighted by atomic mass is 9.99. The van der Waals surface area contributed by atoms with Gasteiger partial charge in [0.15, 0.2) is 5.84 Å². The minimum Gasteiger partial charge on any atom is -0.409 e. The van der Waals surface area contributed by atoms with Crippen LogP contribution >= 0.6 is 0 Å². The number of amidine groups is 1. The molecule has 2 heterocycles. The largest absolute Gasteiger partial charge is 0.409 e. The summed E-state index contributed by atoms with van der Waals surface area (Å²) in [4.78, 5) is 6.58. The highest BCUT2D eigenvalue weighted by molar-refractivity contribution is 5.97. The lowest BCUT2D eigenvalue weighted by Gasteiger charge is -2.31. The highest BCUT2D eigenvalue weighted by atomic mass is 16.4. The summed E-state index contributed by atoms with van der Waals surface area (Å²) in [5.74, 6) is 1.82. The van der Waals surface area contributed by atoms with Crippen molar-refractivity contribution in [2.45, 2.75) is 19.8 Å². The summed E-state index contributed by atoms with van der Waals surface area (Å²) >= 11 is 0. The fourth-order valence-electron chi connectivity index (χ4n) is 2.05. The van der Waals surface area contributed by atoms with Crippen molar-refractivity contribution >= 4 is 11.7 Å². The molecule has 2 rings (SSSR count). The minimum absolute atomic E-state index is 0.124. The first kappa shape index (κ1) is 11.7. The molecule has 0 saturated carbocycles. The molecular formula is C12H18N4O. The Labute approximate surface area is 101 Å². The third-order valence-corrected chi connectivity index (χ3v) is 3.26. The van der Waals surface area contributed by atoms with Crippen molar-refractivity contribution in [1.29, 1.82) is 0 Å². The highest BCUT2D eigenvalue weighted by Gasteiger charge is 2.17. The molecule has 1 saturated heterocycles. The van der Waals surface area contributed by atoms with Gasteiger partial charge >= 0.3 is 0 Å². The third kappa shape index (κ3) is 2.67. The summed E-state index contributed by atoms with van der Waals surface area (Å²) in [6.45, 7) is 4.32. The van der Waals surface area contributed by atoms with Crippen LogP contribution in [0.5, 0.6) is 0 Å². The van der Waals surface area contributed by atoms with Crippen molar-refractivity contribution in [3.8, 4) is 0 Å². The van der Waals surface area contributed by atoms with Crippen molar-refractivity contribution in [2.75, 3.05) is 18.0 Å². The van der Waals surface area contributed by atoms with Gasteiger partial charge in [-0.15, -0.1) is 0 Å². The Morgan fingerprint density at radius 2 is 2.24 bits per heavy atom. The van der Waals surface area contributed by atoms with E-state index in [1.807, 2.05) is 6.07 Å². The molecule has 3 N–H and O–H groups in total. The van der Waals surface area contributed by atoms with Crippen LogP contribution in [-0.2, 0) is 0 Å². The van der Waals surface area contributed by atoms with E-state index in [9.17, 15) is 0 Å². The zero-order chi connectivity index (χ0) is 12.3. The van der Waals surface area contributed by atoms with E-state index < -0.39 is 0 Å². The summed E-state index contributed by atoms with van der Waals surface area (Å²) in [7, 11) is 0. The Morgan fingerprint density at radius 1 is 1.53 bits per heavy atom. The van der Waals surface area contributed by atoms with Gasteiger partial charge in [-0.1, -0.05) is 12.1 Å². The predicted octanol–water partition coefficient (Wildman–Crippen LogP) is 1.41. The Hall–Kier alpha value is -1.78. The highest BCUT2D eigenvalue weighted by Crippen LogP contribution is 2.21. The number of hydrogen-bond donors (Lipinski definition) is 2. The van der Waals surface area contributed by atoms with Gasteiger partial charge in [0.05, 0.1) is 0 Å². The van der Waals surface area contributed by atoms with Crippen LogP contribution in [0.15, 0.2) is 23.5 Å². The minimum atomic E-state index is 0.124. The van der Waals surface area contributed by atoms with Gasteiger partial charge in [0.1, 0.15) is 5.82 Å². The number of oxime groups is 1. The van der Waals surface area contributed by atoms with Crippen LogP contribution in [0.25, 0.3) is 0 Å². The van der Waals surface area contributed by atoms with Crippen LogP contribution in [-0.4, -0.2) is 29.1 Å². The molecule has 0 bridgehead atoms. The standard InChI is InChI=1S/C12H18N4O/c1-9-3-6-16(7-4-9)11-8-10(2-5-14-11)12(13)15-17/h2,5,8-9,17H,3-4,6-7H2,1H3,(H2,13,15). The summed E-state index contributed by atoms with van der Waals surface area (Å²) < 4.78 is 0. The van der Waals surface area contributed by atoms with E-state index in [-0.39, 0.29) is 5.84 Å². The molecule has 0 spiro atoms. The van der Waals surface area contributed by atoms with Crippen molar-refractivity contribution in [1.82, 2.24) is 4.98 Å². The molecule has 17 heavy (non-hydrogen) atoms.